The third kappa shape index (κ3) is 3.31. The summed E-state index contributed by atoms with van der Waals surface area (Å²) in [5, 5.41) is 0. The normalized spacial score (nSPS) is 8.93. The molecule has 0 aliphatic rings. The maximum atomic E-state index is 10.8. The molecule has 0 spiro atoms. The molecule has 0 saturated heterocycles. The first-order chi connectivity index (χ1) is 7.13. The number of methoxy groups -OCH3 is 1. The van der Waals surface area contributed by atoms with Crippen LogP contribution in [0.3, 0.4) is 0 Å². The van der Waals surface area contributed by atoms with Crippen LogP contribution in [0.1, 0.15) is 17.7 Å². The molecule has 1 aromatic heterocycles. The molecule has 0 unspecified atom stereocenters. The lowest BCUT2D eigenvalue weighted by atomic mass is 10.2. The van der Waals surface area contributed by atoms with Crippen molar-refractivity contribution in [3.63, 3.8) is 0 Å². The van der Waals surface area contributed by atoms with Gasteiger partial charge in [-0.15, -0.1) is 0 Å². The summed E-state index contributed by atoms with van der Waals surface area (Å²) in [6, 6.07) is 1.79. The maximum absolute atomic E-state index is 10.8. The highest BCUT2D eigenvalue weighted by molar-refractivity contribution is 5.72. The molecule has 15 heavy (non-hydrogen) atoms. The monoisotopic (exact) mass is 204 g/mol. The van der Waals surface area contributed by atoms with Gasteiger partial charge in [-0.1, -0.05) is 5.92 Å². The zero-order valence-electron chi connectivity index (χ0n) is 8.70. The SMILES string of the molecule is COC(=O)CC#Cc1ncc(N)cc1C. The van der Waals surface area contributed by atoms with Gasteiger partial charge in [0.05, 0.1) is 19.0 Å². The van der Waals surface area contributed by atoms with Crippen LogP contribution in [-0.4, -0.2) is 18.1 Å². The first kappa shape index (κ1) is 11.1. The summed E-state index contributed by atoms with van der Waals surface area (Å²) in [7, 11) is 1.33. The second-order valence-corrected chi connectivity index (χ2v) is 2.99. The number of nitrogens with two attached hydrogens (primary N) is 1. The molecule has 1 heterocycles. The van der Waals surface area contributed by atoms with Gasteiger partial charge in [0, 0.05) is 0 Å². The third-order valence-electron chi connectivity index (χ3n) is 1.77. The number of rotatable bonds is 1. The zero-order chi connectivity index (χ0) is 11.3. The molecule has 0 bridgehead atoms. The summed E-state index contributed by atoms with van der Waals surface area (Å²) in [4.78, 5) is 14.8. The van der Waals surface area contributed by atoms with E-state index in [9.17, 15) is 4.79 Å². The van der Waals surface area contributed by atoms with Gasteiger partial charge >= 0.3 is 5.97 Å². The quantitative estimate of drug-likeness (QED) is 0.545. The van der Waals surface area contributed by atoms with Gasteiger partial charge in [-0.3, -0.25) is 4.79 Å². The smallest absolute Gasteiger partial charge is 0.317 e. The third-order valence-corrected chi connectivity index (χ3v) is 1.77. The Balaban J connectivity index is 2.76. The Morgan fingerprint density at radius 1 is 1.67 bits per heavy atom. The van der Waals surface area contributed by atoms with Crippen LogP contribution in [-0.2, 0) is 9.53 Å². The van der Waals surface area contributed by atoms with Crippen molar-refractivity contribution in [3.05, 3.63) is 23.5 Å². The fraction of sp³-hybridized carbons (Fsp3) is 0.273. The number of aromatic nitrogens is 1. The number of carbonyl (C=O) groups excluding carboxylic acids is 1. The van der Waals surface area contributed by atoms with Crippen LogP contribution in [0.25, 0.3) is 0 Å². The number of nitrogen functional groups attached to an aromatic ring is 1. The lowest BCUT2D eigenvalue weighted by Gasteiger charge is -1.97. The van der Waals surface area contributed by atoms with E-state index in [-0.39, 0.29) is 12.4 Å². The van der Waals surface area contributed by atoms with E-state index < -0.39 is 0 Å². The number of carbonyl (C=O) groups is 1. The summed E-state index contributed by atoms with van der Waals surface area (Å²) >= 11 is 0. The van der Waals surface area contributed by atoms with Gasteiger partial charge in [0.15, 0.2) is 0 Å². The van der Waals surface area contributed by atoms with Crippen molar-refractivity contribution < 1.29 is 9.53 Å². The van der Waals surface area contributed by atoms with Crippen molar-refractivity contribution in [3.8, 4) is 11.8 Å². The molecule has 0 aromatic carbocycles. The van der Waals surface area contributed by atoms with Crippen LogP contribution >= 0.6 is 0 Å². The largest absolute Gasteiger partial charge is 0.468 e. The molecule has 0 aliphatic carbocycles. The van der Waals surface area contributed by atoms with Crippen LogP contribution < -0.4 is 5.73 Å². The molecular weight excluding hydrogens is 192 g/mol. The van der Waals surface area contributed by atoms with E-state index in [4.69, 9.17) is 5.73 Å². The predicted molar refractivity (Wildman–Crippen MR) is 56.9 cm³/mol. The Hall–Kier alpha value is -2.02. The lowest BCUT2D eigenvalue weighted by molar-refractivity contribution is -0.139. The molecule has 4 heteroatoms. The van der Waals surface area contributed by atoms with Gasteiger partial charge in [0.2, 0.25) is 0 Å². The Morgan fingerprint density at radius 2 is 2.40 bits per heavy atom. The second kappa shape index (κ2) is 5.01. The van der Waals surface area contributed by atoms with Crippen LogP contribution in [0, 0.1) is 18.8 Å². The molecule has 0 atom stereocenters. The number of esters is 1. The number of hydrogen-bond acceptors (Lipinski definition) is 4. The van der Waals surface area contributed by atoms with Crippen molar-refractivity contribution in [1.29, 1.82) is 0 Å². The standard InChI is InChI=1S/C11H12N2O2/c1-8-6-9(12)7-13-10(8)4-3-5-11(14)15-2/h6-7H,5,12H2,1-2H3. The van der Waals surface area contributed by atoms with Crippen molar-refractivity contribution in [2.75, 3.05) is 12.8 Å². The minimum absolute atomic E-state index is 0.0714. The molecule has 0 saturated carbocycles. The van der Waals surface area contributed by atoms with E-state index in [0.29, 0.717) is 11.4 Å². The average Bonchev–Trinajstić information content (AvgIpc) is 2.21. The van der Waals surface area contributed by atoms with E-state index in [0.717, 1.165) is 5.56 Å². The maximum Gasteiger partial charge on any atom is 0.317 e. The second-order valence-electron chi connectivity index (χ2n) is 2.99. The van der Waals surface area contributed by atoms with Crippen LogP contribution in [0.4, 0.5) is 5.69 Å². The molecule has 0 radical (unpaired) electrons. The van der Waals surface area contributed by atoms with E-state index in [1.807, 2.05) is 6.92 Å². The summed E-state index contributed by atoms with van der Waals surface area (Å²) in [5.41, 5.74) is 7.67. The van der Waals surface area contributed by atoms with E-state index in [1.54, 1.807) is 6.07 Å². The van der Waals surface area contributed by atoms with E-state index in [2.05, 4.69) is 21.6 Å². The summed E-state index contributed by atoms with van der Waals surface area (Å²) in [6.07, 6.45) is 1.61. The summed E-state index contributed by atoms with van der Waals surface area (Å²) < 4.78 is 4.46. The molecule has 0 amide bonds. The zero-order valence-corrected chi connectivity index (χ0v) is 8.70. The lowest BCUT2D eigenvalue weighted by Crippen LogP contribution is -1.97. The van der Waals surface area contributed by atoms with Gasteiger partial charge in [0.25, 0.3) is 0 Å². The topological polar surface area (TPSA) is 65.2 Å². The van der Waals surface area contributed by atoms with Crippen molar-refractivity contribution in [1.82, 2.24) is 4.98 Å². The van der Waals surface area contributed by atoms with Crippen molar-refractivity contribution in [2.24, 2.45) is 0 Å². The highest BCUT2D eigenvalue weighted by Gasteiger charge is 1.97. The molecule has 1 rings (SSSR count). The van der Waals surface area contributed by atoms with E-state index in [1.165, 1.54) is 13.3 Å². The Morgan fingerprint density at radius 3 is 3.00 bits per heavy atom. The predicted octanol–water partition coefficient (Wildman–Crippen LogP) is 0.887. The van der Waals surface area contributed by atoms with E-state index >= 15 is 0 Å². The Bertz CT molecular complexity index is 430. The van der Waals surface area contributed by atoms with Crippen LogP contribution in [0.15, 0.2) is 12.3 Å². The van der Waals surface area contributed by atoms with Gasteiger partial charge in [0.1, 0.15) is 12.1 Å². The first-order valence-corrected chi connectivity index (χ1v) is 4.41. The average molecular weight is 204 g/mol. The van der Waals surface area contributed by atoms with Gasteiger partial charge < -0.3 is 10.5 Å². The molecule has 2 N–H and O–H groups in total. The number of nitrogens with zero attached hydrogens (tertiary/aromatic N) is 1. The molecule has 78 valence electrons. The number of ether oxygens (including phenoxy) is 1. The first-order valence-electron chi connectivity index (χ1n) is 4.41. The highest BCUT2D eigenvalue weighted by atomic mass is 16.5. The Kier molecular flexibility index (Phi) is 3.69. The minimum atomic E-state index is -0.351. The number of anilines is 1. The summed E-state index contributed by atoms with van der Waals surface area (Å²) in [5.74, 6) is 5.12. The minimum Gasteiger partial charge on any atom is -0.468 e. The number of aryl methyl sites for hydroxylation is 1. The molecule has 4 nitrogen and oxygen atoms in total. The molecule has 0 fully saturated rings. The molecular formula is C11H12N2O2. The van der Waals surface area contributed by atoms with Gasteiger partial charge in [-0.2, -0.15) is 0 Å². The Labute approximate surface area is 88.5 Å². The van der Waals surface area contributed by atoms with Gasteiger partial charge in [-0.05, 0) is 24.5 Å². The van der Waals surface area contributed by atoms with Crippen LogP contribution in [0.2, 0.25) is 0 Å². The van der Waals surface area contributed by atoms with Crippen LogP contribution in [0.5, 0.6) is 0 Å². The number of hydrogen-bond donors (Lipinski definition) is 1. The van der Waals surface area contributed by atoms with Gasteiger partial charge in [-0.25, -0.2) is 4.98 Å². The van der Waals surface area contributed by atoms with Crippen molar-refractivity contribution in [2.45, 2.75) is 13.3 Å². The molecule has 0 aliphatic heterocycles. The highest BCUT2D eigenvalue weighted by Crippen LogP contribution is 2.07. The molecule has 1 aromatic rings. The number of pyridine rings is 1. The fourth-order valence-corrected chi connectivity index (χ4v) is 1.000. The fourth-order valence-electron chi connectivity index (χ4n) is 1.000. The summed E-state index contributed by atoms with van der Waals surface area (Å²) in [6.45, 7) is 1.87. The van der Waals surface area contributed by atoms with Crippen molar-refractivity contribution >= 4 is 11.7 Å².